The maximum atomic E-state index is 12.5. The van der Waals surface area contributed by atoms with E-state index in [0.29, 0.717) is 18.1 Å². The van der Waals surface area contributed by atoms with Crippen molar-refractivity contribution in [2.24, 2.45) is 5.41 Å². The summed E-state index contributed by atoms with van der Waals surface area (Å²) in [4.78, 5) is 25.1. The average Bonchev–Trinajstić information content (AvgIpc) is 2.96. The first-order chi connectivity index (χ1) is 9.33. The van der Waals surface area contributed by atoms with Crippen molar-refractivity contribution in [2.75, 3.05) is 7.05 Å². The predicted molar refractivity (Wildman–Crippen MR) is 73.5 cm³/mol. The summed E-state index contributed by atoms with van der Waals surface area (Å²) in [6.07, 6.45) is 4.04. The van der Waals surface area contributed by atoms with Crippen LogP contribution in [0.3, 0.4) is 0 Å². The minimum absolute atomic E-state index is 0.112. The Balaban J connectivity index is 2.08. The van der Waals surface area contributed by atoms with Gasteiger partial charge in [0.2, 0.25) is 5.91 Å². The average molecular weight is 279 g/mol. The third kappa shape index (κ3) is 2.71. The molecule has 0 aliphatic heterocycles. The van der Waals surface area contributed by atoms with Crippen LogP contribution in [0.25, 0.3) is 0 Å². The molecule has 0 spiro atoms. The molecule has 1 N–H and O–H groups in total. The van der Waals surface area contributed by atoms with Gasteiger partial charge in [0.05, 0.1) is 6.54 Å². The lowest BCUT2D eigenvalue weighted by Gasteiger charge is -2.28. The third-order valence-electron chi connectivity index (χ3n) is 4.16. The topological polar surface area (TPSA) is 70.8 Å². The second-order valence-corrected chi connectivity index (χ2v) is 5.92. The van der Waals surface area contributed by atoms with Crippen molar-refractivity contribution >= 4 is 11.9 Å². The van der Waals surface area contributed by atoms with Crippen LogP contribution in [0.15, 0.2) is 10.5 Å². The Morgan fingerprint density at radius 3 is 2.50 bits per heavy atom. The Labute approximate surface area is 118 Å². The summed E-state index contributed by atoms with van der Waals surface area (Å²) in [6, 6.07) is 1.50. The summed E-state index contributed by atoms with van der Waals surface area (Å²) in [5.41, 5.74) is -0.112. The van der Waals surface area contributed by atoms with Crippen LogP contribution in [-0.2, 0) is 11.3 Å². The van der Waals surface area contributed by atoms with Crippen LogP contribution in [0.4, 0.5) is 0 Å². The zero-order chi connectivity index (χ0) is 14.9. The van der Waals surface area contributed by atoms with Gasteiger partial charge in [-0.05, 0) is 25.8 Å². The molecule has 1 amide bonds. The van der Waals surface area contributed by atoms with Gasteiger partial charge in [-0.15, -0.1) is 0 Å². The molecule has 1 saturated carbocycles. The van der Waals surface area contributed by atoms with Crippen LogP contribution in [0.1, 0.15) is 54.5 Å². The number of aryl methyl sites for hydroxylation is 1. The van der Waals surface area contributed by atoms with E-state index in [1.165, 1.54) is 6.07 Å². The molecule has 20 heavy (non-hydrogen) atoms. The van der Waals surface area contributed by atoms with Crippen LogP contribution in [0.5, 0.6) is 0 Å². The van der Waals surface area contributed by atoms with Gasteiger partial charge in [0.25, 0.3) is 0 Å². The van der Waals surface area contributed by atoms with Crippen molar-refractivity contribution in [3.8, 4) is 0 Å². The van der Waals surface area contributed by atoms with Gasteiger partial charge >= 0.3 is 5.97 Å². The van der Waals surface area contributed by atoms with Gasteiger partial charge < -0.3 is 14.4 Å². The van der Waals surface area contributed by atoms with Gasteiger partial charge in [-0.25, -0.2) is 4.79 Å². The maximum absolute atomic E-state index is 12.5. The van der Waals surface area contributed by atoms with Crippen molar-refractivity contribution in [3.05, 3.63) is 23.2 Å². The Bertz CT molecular complexity index is 526. The van der Waals surface area contributed by atoms with E-state index in [1.54, 1.807) is 18.9 Å². The molecule has 0 saturated heterocycles. The number of rotatable bonds is 4. The molecule has 1 fully saturated rings. The third-order valence-corrected chi connectivity index (χ3v) is 4.16. The van der Waals surface area contributed by atoms with E-state index < -0.39 is 5.97 Å². The number of carbonyl (C=O) groups is 2. The van der Waals surface area contributed by atoms with Crippen LogP contribution in [0.2, 0.25) is 0 Å². The SMILES string of the molecule is Cc1oc(CN(C)C(=O)C2(C)CCCC2)cc1C(=O)O. The lowest BCUT2D eigenvalue weighted by Crippen LogP contribution is -2.38. The lowest BCUT2D eigenvalue weighted by atomic mass is 9.87. The van der Waals surface area contributed by atoms with E-state index in [2.05, 4.69) is 0 Å². The second-order valence-electron chi connectivity index (χ2n) is 5.92. The summed E-state index contributed by atoms with van der Waals surface area (Å²) < 4.78 is 5.42. The molecule has 1 aliphatic rings. The first kappa shape index (κ1) is 14.6. The van der Waals surface area contributed by atoms with Gasteiger partial charge in [-0.3, -0.25) is 4.79 Å². The summed E-state index contributed by atoms with van der Waals surface area (Å²) in [6.45, 7) is 3.94. The number of hydrogen-bond donors (Lipinski definition) is 1. The van der Waals surface area contributed by atoms with E-state index in [1.807, 2.05) is 6.92 Å². The molecule has 1 aromatic rings. The molecule has 0 unspecified atom stereocenters. The number of carboxylic acid groups (broad SMARTS) is 1. The van der Waals surface area contributed by atoms with E-state index in [-0.39, 0.29) is 16.9 Å². The minimum atomic E-state index is -1.01. The van der Waals surface area contributed by atoms with Crippen LogP contribution in [0, 0.1) is 12.3 Å². The van der Waals surface area contributed by atoms with Crippen molar-refractivity contribution in [1.82, 2.24) is 4.90 Å². The summed E-state index contributed by atoms with van der Waals surface area (Å²) in [7, 11) is 1.74. The highest BCUT2D eigenvalue weighted by Gasteiger charge is 2.38. The Hall–Kier alpha value is -1.78. The predicted octanol–water partition coefficient (Wildman–Crippen LogP) is 2.82. The van der Waals surface area contributed by atoms with Crippen molar-refractivity contribution in [2.45, 2.75) is 46.1 Å². The number of carbonyl (C=O) groups excluding carboxylic acids is 1. The van der Waals surface area contributed by atoms with E-state index in [4.69, 9.17) is 9.52 Å². The van der Waals surface area contributed by atoms with Crippen LogP contribution >= 0.6 is 0 Å². The Kier molecular flexibility index (Phi) is 3.88. The summed E-state index contributed by atoms with van der Waals surface area (Å²) in [5, 5.41) is 9.00. The molecular formula is C15H21NO4. The molecule has 2 rings (SSSR count). The number of furan rings is 1. The molecule has 1 aliphatic carbocycles. The van der Waals surface area contributed by atoms with Gasteiger partial charge in [-0.2, -0.15) is 0 Å². The maximum Gasteiger partial charge on any atom is 0.339 e. The molecule has 110 valence electrons. The molecule has 0 atom stereocenters. The van der Waals surface area contributed by atoms with Crippen LogP contribution in [-0.4, -0.2) is 28.9 Å². The summed E-state index contributed by atoms with van der Waals surface area (Å²) >= 11 is 0. The number of aromatic carboxylic acids is 1. The molecule has 1 aromatic heterocycles. The highest BCUT2D eigenvalue weighted by Crippen LogP contribution is 2.39. The molecule has 0 radical (unpaired) electrons. The van der Waals surface area contributed by atoms with Crippen molar-refractivity contribution in [1.29, 1.82) is 0 Å². The zero-order valence-electron chi connectivity index (χ0n) is 12.2. The van der Waals surface area contributed by atoms with Gasteiger partial charge in [0.15, 0.2) is 0 Å². The second kappa shape index (κ2) is 5.31. The standard InChI is InChI=1S/C15H21NO4/c1-10-12(13(17)18)8-11(20-10)9-16(3)14(19)15(2)6-4-5-7-15/h8H,4-7,9H2,1-3H3,(H,17,18). The normalized spacial score (nSPS) is 17.1. The molecular weight excluding hydrogens is 258 g/mol. The fraction of sp³-hybridized carbons (Fsp3) is 0.600. The molecule has 0 aromatic carbocycles. The minimum Gasteiger partial charge on any atom is -0.478 e. The van der Waals surface area contributed by atoms with Crippen molar-refractivity contribution in [3.63, 3.8) is 0 Å². The monoisotopic (exact) mass is 279 g/mol. The van der Waals surface area contributed by atoms with Gasteiger partial charge in [-0.1, -0.05) is 19.8 Å². The number of nitrogens with zero attached hydrogens (tertiary/aromatic N) is 1. The van der Waals surface area contributed by atoms with Gasteiger partial charge in [0, 0.05) is 12.5 Å². The zero-order valence-corrected chi connectivity index (χ0v) is 12.2. The Morgan fingerprint density at radius 1 is 1.40 bits per heavy atom. The molecule has 5 nitrogen and oxygen atoms in total. The number of amides is 1. The highest BCUT2D eigenvalue weighted by molar-refractivity contribution is 5.88. The molecule has 0 bridgehead atoms. The lowest BCUT2D eigenvalue weighted by molar-refractivity contribution is -0.140. The highest BCUT2D eigenvalue weighted by atomic mass is 16.4. The van der Waals surface area contributed by atoms with E-state index in [0.717, 1.165) is 25.7 Å². The fourth-order valence-corrected chi connectivity index (χ4v) is 2.97. The fourth-order valence-electron chi connectivity index (χ4n) is 2.97. The first-order valence-electron chi connectivity index (χ1n) is 6.92. The van der Waals surface area contributed by atoms with Gasteiger partial charge in [0.1, 0.15) is 17.1 Å². The van der Waals surface area contributed by atoms with E-state index in [9.17, 15) is 9.59 Å². The van der Waals surface area contributed by atoms with Crippen LogP contribution < -0.4 is 0 Å². The quantitative estimate of drug-likeness (QED) is 0.920. The molecule has 5 heteroatoms. The Morgan fingerprint density at radius 2 is 2.00 bits per heavy atom. The largest absolute Gasteiger partial charge is 0.478 e. The van der Waals surface area contributed by atoms with Crippen molar-refractivity contribution < 1.29 is 19.1 Å². The van der Waals surface area contributed by atoms with E-state index >= 15 is 0 Å². The number of carboxylic acids is 1. The first-order valence-corrected chi connectivity index (χ1v) is 6.92. The number of hydrogen-bond acceptors (Lipinski definition) is 3. The molecule has 1 heterocycles. The summed E-state index contributed by atoms with van der Waals surface area (Å²) in [5.74, 6) is -0.00654. The smallest absolute Gasteiger partial charge is 0.339 e.